The first-order valence-electron chi connectivity index (χ1n) is 4.34. The second-order valence-corrected chi connectivity index (χ2v) is 3.35. The summed E-state index contributed by atoms with van der Waals surface area (Å²) in [5.74, 6) is -0.528. The first-order valence-corrected chi connectivity index (χ1v) is 4.71. The lowest BCUT2D eigenvalue weighted by molar-refractivity contribution is 0.0515. The van der Waals surface area contributed by atoms with E-state index >= 15 is 0 Å². The molecular weight excluding hydrogens is 216 g/mol. The minimum absolute atomic E-state index is 0.258. The van der Waals surface area contributed by atoms with E-state index in [1.807, 2.05) is 0 Å². The number of carbonyl (C=O) groups is 1. The average Bonchev–Trinajstić information content (AvgIpc) is 2.26. The molecular formula is C10H11ClN2O2. The van der Waals surface area contributed by atoms with Crippen LogP contribution in [0, 0.1) is 0 Å². The van der Waals surface area contributed by atoms with Crippen LogP contribution in [0.3, 0.4) is 0 Å². The number of nitrogens with two attached hydrogens (primary N) is 1. The smallest absolute Gasteiger partial charge is 0.325 e. The monoisotopic (exact) mass is 226 g/mol. The van der Waals surface area contributed by atoms with Crippen molar-refractivity contribution in [2.75, 3.05) is 6.54 Å². The number of rotatable bonds is 3. The van der Waals surface area contributed by atoms with Crippen LogP contribution in [-0.4, -0.2) is 18.2 Å². The maximum atomic E-state index is 11.4. The molecule has 0 bridgehead atoms. The zero-order chi connectivity index (χ0) is 11.3. The SMILES string of the molecule is CC(CN)=NOC(=O)c1ccc(Cl)cc1. The van der Waals surface area contributed by atoms with Crippen LogP contribution >= 0.6 is 11.6 Å². The van der Waals surface area contributed by atoms with Crippen LogP contribution in [0.2, 0.25) is 5.02 Å². The van der Waals surface area contributed by atoms with Gasteiger partial charge >= 0.3 is 5.97 Å². The topological polar surface area (TPSA) is 64.7 Å². The number of halogens is 1. The lowest BCUT2D eigenvalue weighted by Gasteiger charge is -1.99. The Morgan fingerprint density at radius 3 is 2.60 bits per heavy atom. The molecule has 0 saturated carbocycles. The van der Waals surface area contributed by atoms with Gasteiger partial charge in [-0.1, -0.05) is 16.8 Å². The fraction of sp³-hybridized carbons (Fsp3) is 0.200. The van der Waals surface area contributed by atoms with E-state index in [9.17, 15) is 4.79 Å². The molecule has 0 amide bonds. The minimum Gasteiger partial charge on any atom is -0.325 e. The van der Waals surface area contributed by atoms with Gasteiger partial charge < -0.3 is 10.6 Å². The van der Waals surface area contributed by atoms with E-state index in [0.717, 1.165) is 0 Å². The molecule has 0 aromatic heterocycles. The minimum atomic E-state index is -0.528. The van der Waals surface area contributed by atoms with Crippen molar-refractivity contribution in [1.82, 2.24) is 0 Å². The Balaban J connectivity index is 2.66. The molecule has 0 atom stereocenters. The van der Waals surface area contributed by atoms with E-state index < -0.39 is 5.97 Å². The van der Waals surface area contributed by atoms with Gasteiger partial charge in [0, 0.05) is 11.6 Å². The summed E-state index contributed by atoms with van der Waals surface area (Å²) in [6, 6.07) is 6.35. The van der Waals surface area contributed by atoms with Gasteiger partial charge in [-0.15, -0.1) is 0 Å². The number of benzene rings is 1. The lowest BCUT2D eigenvalue weighted by Crippen LogP contribution is -2.11. The van der Waals surface area contributed by atoms with Crippen LogP contribution < -0.4 is 5.73 Å². The Morgan fingerprint density at radius 2 is 2.07 bits per heavy atom. The van der Waals surface area contributed by atoms with E-state index in [4.69, 9.17) is 17.3 Å². The third kappa shape index (κ3) is 3.69. The summed E-state index contributed by atoms with van der Waals surface area (Å²) in [6.07, 6.45) is 0. The van der Waals surface area contributed by atoms with Crippen molar-refractivity contribution in [2.45, 2.75) is 6.92 Å². The van der Waals surface area contributed by atoms with Gasteiger partial charge in [0.1, 0.15) is 0 Å². The molecule has 15 heavy (non-hydrogen) atoms. The number of nitrogens with zero attached hydrogens (tertiary/aromatic N) is 1. The molecule has 2 N–H and O–H groups in total. The maximum absolute atomic E-state index is 11.4. The zero-order valence-electron chi connectivity index (χ0n) is 8.24. The molecule has 0 radical (unpaired) electrons. The molecule has 5 heteroatoms. The van der Waals surface area contributed by atoms with Gasteiger partial charge in [-0.2, -0.15) is 0 Å². The molecule has 4 nitrogen and oxygen atoms in total. The van der Waals surface area contributed by atoms with Crippen LogP contribution in [0.4, 0.5) is 0 Å². The first kappa shape index (κ1) is 11.7. The van der Waals surface area contributed by atoms with Gasteiger partial charge in [0.25, 0.3) is 0 Å². The molecule has 0 aliphatic rings. The lowest BCUT2D eigenvalue weighted by atomic mass is 10.2. The first-order chi connectivity index (χ1) is 7.13. The van der Waals surface area contributed by atoms with Crippen molar-refractivity contribution in [2.24, 2.45) is 10.9 Å². The van der Waals surface area contributed by atoms with Crippen LogP contribution in [0.1, 0.15) is 17.3 Å². The van der Waals surface area contributed by atoms with Gasteiger partial charge in [0.05, 0.1) is 11.3 Å². The van der Waals surface area contributed by atoms with Crippen molar-refractivity contribution >= 4 is 23.3 Å². The summed E-state index contributed by atoms with van der Waals surface area (Å²) in [6.45, 7) is 1.93. The maximum Gasteiger partial charge on any atom is 0.365 e. The molecule has 0 unspecified atom stereocenters. The normalized spacial score (nSPS) is 11.3. The highest BCUT2D eigenvalue weighted by Crippen LogP contribution is 2.10. The average molecular weight is 227 g/mol. The molecule has 1 aromatic carbocycles. The molecule has 0 aliphatic carbocycles. The summed E-state index contributed by atoms with van der Waals surface area (Å²) in [7, 11) is 0. The number of oxime groups is 1. The third-order valence-electron chi connectivity index (χ3n) is 1.66. The summed E-state index contributed by atoms with van der Waals surface area (Å²) < 4.78 is 0. The highest BCUT2D eigenvalue weighted by atomic mass is 35.5. The highest BCUT2D eigenvalue weighted by Gasteiger charge is 2.06. The van der Waals surface area contributed by atoms with Crippen molar-refractivity contribution in [1.29, 1.82) is 0 Å². The summed E-state index contributed by atoms with van der Waals surface area (Å²) in [4.78, 5) is 16.0. The Morgan fingerprint density at radius 1 is 1.47 bits per heavy atom. The zero-order valence-corrected chi connectivity index (χ0v) is 8.99. The summed E-state index contributed by atoms with van der Waals surface area (Å²) in [5, 5.41) is 4.11. The highest BCUT2D eigenvalue weighted by molar-refractivity contribution is 6.30. The second-order valence-electron chi connectivity index (χ2n) is 2.92. The van der Waals surface area contributed by atoms with Gasteiger partial charge in [-0.25, -0.2) is 4.79 Å². The van der Waals surface area contributed by atoms with E-state index in [-0.39, 0.29) is 6.54 Å². The standard InChI is InChI=1S/C10H11ClN2O2/c1-7(6-12)13-15-10(14)8-2-4-9(11)5-3-8/h2-5H,6,12H2,1H3. The predicted octanol–water partition coefficient (Wildman–Crippen LogP) is 1.83. The second kappa shape index (κ2) is 5.48. The largest absolute Gasteiger partial charge is 0.365 e. The van der Waals surface area contributed by atoms with E-state index in [1.54, 1.807) is 31.2 Å². The Labute approximate surface area is 92.7 Å². The molecule has 0 heterocycles. The van der Waals surface area contributed by atoms with Gasteiger partial charge in [-0.3, -0.25) is 0 Å². The van der Waals surface area contributed by atoms with Crippen LogP contribution in [0.25, 0.3) is 0 Å². The Kier molecular flexibility index (Phi) is 4.27. The van der Waals surface area contributed by atoms with Crippen molar-refractivity contribution in [3.05, 3.63) is 34.9 Å². The van der Waals surface area contributed by atoms with Gasteiger partial charge in [0.15, 0.2) is 0 Å². The molecule has 0 saturated heterocycles. The molecule has 0 fully saturated rings. The molecule has 80 valence electrons. The van der Waals surface area contributed by atoms with Crippen molar-refractivity contribution in [3.8, 4) is 0 Å². The van der Waals surface area contributed by atoms with Crippen molar-refractivity contribution < 1.29 is 9.63 Å². The number of hydrogen-bond acceptors (Lipinski definition) is 4. The quantitative estimate of drug-likeness (QED) is 0.486. The van der Waals surface area contributed by atoms with Gasteiger partial charge in [-0.05, 0) is 31.2 Å². The van der Waals surface area contributed by atoms with Crippen molar-refractivity contribution in [3.63, 3.8) is 0 Å². The Bertz CT molecular complexity index is 374. The molecule has 1 rings (SSSR count). The summed E-state index contributed by atoms with van der Waals surface area (Å²) >= 11 is 5.67. The fourth-order valence-electron chi connectivity index (χ4n) is 0.795. The number of carbonyl (C=O) groups excluding carboxylic acids is 1. The molecule has 1 aromatic rings. The fourth-order valence-corrected chi connectivity index (χ4v) is 0.921. The van der Waals surface area contributed by atoms with Crippen LogP contribution in [0.15, 0.2) is 29.4 Å². The van der Waals surface area contributed by atoms with Gasteiger partial charge in [0.2, 0.25) is 0 Å². The van der Waals surface area contributed by atoms with Crippen LogP contribution in [0.5, 0.6) is 0 Å². The van der Waals surface area contributed by atoms with E-state index in [1.165, 1.54) is 0 Å². The van der Waals surface area contributed by atoms with E-state index in [2.05, 4.69) is 9.99 Å². The molecule has 0 spiro atoms. The summed E-state index contributed by atoms with van der Waals surface area (Å²) in [5.41, 5.74) is 6.23. The third-order valence-corrected chi connectivity index (χ3v) is 1.91. The molecule has 0 aliphatic heterocycles. The Hall–Kier alpha value is -1.39. The predicted molar refractivity (Wildman–Crippen MR) is 59.0 cm³/mol. The van der Waals surface area contributed by atoms with Crippen LogP contribution in [-0.2, 0) is 4.84 Å². The number of hydrogen-bond donors (Lipinski definition) is 1. The van der Waals surface area contributed by atoms with E-state index in [0.29, 0.717) is 16.3 Å².